The fraction of sp³-hybridized carbons (Fsp3) is 0.348. The molecule has 0 aliphatic heterocycles. The van der Waals surface area contributed by atoms with E-state index in [1.807, 2.05) is 24.3 Å². The number of ether oxygens (including phenoxy) is 2. The second-order valence-electron chi connectivity index (χ2n) is 7.81. The van der Waals surface area contributed by atoms with Crippen molar-refractivity contribution in [3.63, 3.8) is 0 Å². The molecule has 8 heteroatoms. The molecule has 2 aromatic rings. The summed E-state index contributed by atoms with van der Waals surface area (Å²) < 4.78 is 10.5. The zero-order chi connectivity index (χ0) is 22.7. The van der Waals surface area contributed by atoms with Gasteiger partial charge in [0.1, 0.15) is 11.4 Å². The van der Waals surface area contributed by atoms with E-state index >= 15 is 0 Å². The summed E-state index contributed by atoms with van der Waals surface area (Å²) in [5.41, 5.74) is 0.850. The summed E-state index contributed by atoms with van der Waals surface area (Å²) in [7, 11) is 0. The topological polar surface area (TPSA) is 106 Å². The number of alkyl carbamates (subject to hydrolysis) is 1. The summed E-state index contributed by atoms with van der Waals surface area (Å²) in [6.45, 7) is 5.70. The van der Waals surface area contributed by atoms with Gasteiger partial charge in [0.25, 0.3) is 5.91 Å². The summed E-state index contributed by atoms with van der Waals surface area (Å²) in [6.07, 6.45) is -0.453. The molecular formula is C23H29N3O5. The van der Waals surface area contributed by atoms with E-state index in [1.54, 1.807) is 51.1 Å². The third-order valence-corrected chi connectivity index (χ3v) is 3.83. The number of carbonyl (C=O) groups is 3. The molecule has 166 valence electrons. The number of hydrogen-bond donors (Lipinski definition) is 3. The van der Waals surface area contributed by atoms with E-state index in [9.17, 15) is 14.4 Å². The lowest BCUT2D eigenvalue weighted by molar-refractivity contribution is -0.123. The molecule has 2 rings (SSSR count). The summed E-state index contributed by atoms with van der Waals surface area (Å²) in [4.78, 5) is 35.6. The van der Waals surface area contributed by atoms with Crippen LogP contribution in [0.5, 0.6) is 5.75 Å². The first-order valence-electron chi connectivity index (χ1n) is 10.0. The Morgan fingerprint density at radius 2 is 1.65 bits per heavy atom. The number of amides is 3. The Morgan fingerprint density at radius 3 is 2.35 bits per heavy atom. The van der Waals surface area contributed by atoms with Gasteiger partial charge in [-0.2, -0.15) is 0 Å². The van der Waals surface area contributed by atoms with E-state index in [2.05, 4.69) is 16.0 Å². The van der Waals surface area contributed by atoms with E-state index in [-0.39, 0.29) is 31.4 Å². The van der Waals surface area contributed by atoms with Gasteiger partial charge >= 0.3 is 6.09 Å². The third-order valence-electron chi connectivity index (χ3n) is 3.83. The first-order chi connectivity index (χ1) is 14.7. The SMILES string of the molecule is CC(C)(C)OC(=O)NCCC(=O)Nc1cccc(CNC(=O)COc2ccccc2)c1. The highest BCUT2D eigenvalue weighted by Crippen LogP contribution is 2.11. The fourth-order valence-electron chi connectivity index (χ4n) is 2.49. The minimum Gasteiger partial charge on any atom is -0.484 e. The standard InChI is InChI=1S/C23H29N3O5/c1-23(2,3)31-22(29)24-13-12-20(27)26-18-9-7-8-17(14-18)15-25-21(28)16-30-19-10-5-4-6-11-19/h4-11,14H,12-13,15-16H2,1-3H3,(H,24,29)(H,25,28)(H,26,27). The highest BCUT2D eigenvalue weighted by molar-refractivity contribution is 5.91. The first kappa shape index (κ1) is 23.7. The second-order valence-corrected chi connectivity index (χ2v) is 7.81. The maximum Gasteiger partial charge on any atom is 0.407 e. The van der Waals surface area contributed by atoms with Crippen LogP contribution in [0.4, 0.5) is 10.5 Å². The number of anilines is 1. The molecule has 0 fully saturated rings. The first-order valence-corrected chi connectivity index (χ1v) is 10.0. The van der Waals surface area contributed by atoms with E-state index in [4.69, 9.17) is 9.47 Å². The lowest BCUT2D eigenvalue weighted by atomic mass is 10.2. The molecule has 0 bridgehead atoms. The number of carbonyl (C=O) groups excluding carboxylic acids is 3. The van der Waals surface area contributed by atoms with Gasteiger partial charge < -0.3 is 25.4 Å². The molecule has 0 saturated carbocycles. The van der Waals surface area contributed by atoms with Crippen molar-refractivity contribution in [1.29, 1.82) is 0 Å². The number of para-hydroxylation sites is 1. The molecule has 0 heterocycles. The molecule has 2 aromatic carbocycles. The molecule has 8 nitrogen and oxygen atoms in total. The van der Waals surface area contributed by atoms with Crippen molar-refractivity contribution in [3.05, 3.63) is 60.2 Å². The van der Waals surface area contributed by atoms with Gasteiger partial charge in [0, 0.05) is 25.2 Å². The number of benzene rings is 2. The van der Waals surface area contributed by atoms with Gasteiger partial charge in [-0.3, -0.25) is 9.59 Å². The summed E-state index contributed by atoms with van der Waals surface area (Å²) in [5, 5.41) is 8.09. The van der Waals surface area contributed by atoms with Crippen molar-refractivity contribution >= 4 is 23.6 Å². The third kappa shape index (κ3) is 10.2. The molecule has 0 unspecified atom stereocenters. The second kappa shape index (κ2) is 11.6. The van der Waals surface area contributed by atoms with Crippen LogP contribution in [0.15, 0.2) is 54.6 Å². The molecule has 0 aromatic heterocycles. The monoisotopic (exact) mass is 427 g/mol. The number of rotatable bonds is 9. The van der Waals surface area contributed by atoms with Crippen LogP contribution in [0, 0.1) is 0 Å². The molecule has 31 heavy (non-hydrogen) atoms. The Hall–Kier alpha value is -3.55. The van der Waals surface area contributed by atoms with Gasteiger partial charge in [0.05, 0.1) is 0 Å². The molecule has 3 N–H and O–H groups in total. The molecule has 3 amide bonds. The Morgan fingerprint density at radius 1 is 0.903 bits per heavy atom. The van der Waals surface area contributed by atoms with Crippen molar-refractivity contribution in [3.8, 4) is 5.75 Å². The molecule has 0 radical (unpaired) electrons. The van der Waals surface area contributed by atoms with Gasteiger partial charge in [-0.15, -0.1) is 0 Å². The van der Waals surface area contributed by atoms with Gasteiger partial charge in [-0.05, 0) is 50.6 Å². The Bertz CT molecular complexity index is 878. The number of hydrogen-bond acceptors (Lipinski definition) is 5. The smallest absolute Gasteiger partial charge is 0.407 e. The minimum absolute atomic E-state index is 0.0783. The van der Waals surface area contributed by atoms with E-state index in [1.165, 1.54) is 0 Å². The Labute approximate surface area is 182 Å². The maximum absolute atomic E-state index is 12.1. The van der Waals surface area contributed by atoms with E-state index in [0.29, 0.717) is 18.0 Å². The Kier molecular flexibility index (Phi) is 8.87. The van der Waals surface area contributed by atoms with Crippen molar-refractivity contribution in [2.24, 2.45) is 0 Å². The summed E-state index contributed by atoms with van der Waals surface area (Å²) >= 11 is 0. The predicted octanol–water partition coefficient (Wildman–Crippen LogP) is 3.24. The predicted molar refractivity (Wildman–Crippen MR) is 118 cm³/mol. The molecular weight excluding hydrogens is 398 g/mol. The van der Waals surface area contributed by atoms with Crippen LogP contribution in [-0.2, 0) is 20.9 Å². The maximum atomic E-state index is 12.1. The van der Waals surface area contributed by atoms with Crippen LogP contribution in [0.25, 0.3) is 0 Å². The van der Waals surface area contributed by atoms with Gasteiger partial charge in [0.15, 0.2) is 6.61 Å². The van der Waals surface area contributed by atoms with Crippen molar-refractivity contribution in [1.82, 2.24) is 10.6 Å². The molecule has 0 aliphatic rings. The van der Waals surface area contributed by atoms with Crippen molar-refractivity contribution in [2.75, 3.05) is 18.5 Å². The zero-order valence-corrected chi connectivity index (χ0v) is 18.1. The lowest BCUT2D eigenvalue weighted by Crippen LogP contribution is -2.34. The average Bonchev–Trinajstić information content (AvgIpc) is 2.70. The van der Waals surface area contributed by atoms with Crippen LogP contribution in [0.2, 0.25) is 0 Å². The highest BCUT2D eigenvalue weighted by atomic mass is 16.6. The van der Waals surface area contributed by atoms with E-state index < -0.39 is 11.7 Å². The molecule has 0 atom stereocenters. The van der Waals surface area contributed by atoms with Crippen LogP contribution in [0.1, 0.15) is 32.8 Å². The van der Waals surface area contributed by atoms with Crippen LogP contribution in [0.3, 0.4) is 0 Å². The van der Waals surface area contributed by atoms with Crippen LogP contribution < -0.4 is 20.7 Å². The molecule has 0 spiro atoms. The summed E-state index contributed by atoms with van der Waals surface area (Å²) in [6, 6.07) is 16.3. The van der Waals surface area contributed by atoms with Crippen LogP contribution >= 0.6 is 0 Å². The van der Waals surface area contributed by atoms with Crippen molar-refractivity contribution in [2.45, 2.75) is 39.3 Å². The summed E-state index contributed by atoms with van der Waals surface area (Å²) in [5.74, 6) is 0.142. The largest absolute Gasteiger partial charge is 0.484 e. The lowest BCUT2D eigenvalue weighted by Gasteiger charge is -2.19. The zero-order valence-electron chi connectivity index (χ0n) is 18.1. The molecule has 0 aliphatic carbocycles. The van der Waals surface area contributed by atoms with Crippen molar-refractivity contribution < 1.29 is 23.9 Å². The van der Waals surface area contributed by atoms with Gasteiger partial charge in [-0.25, -0.2) is 4.79 Å². The quantitative estimate of drug-likeness (QED) is 0.570. The average molecular weight is 428 g/mol. The van der Waals surface area contributed by atoms with Gasteiger partial charge in [-0.1, -0.05) is 30.3 Å². The highest BCUT2D eigenvalue weighted by Gasteiger charge is 2.16. The molecule has 0 saturated heterocycles. The fourth-order valence-corrected chi connectivity index (χ4v) is 2.49. The van der Waals surface area contributed by atoms with Crippen LogP contribution in [-0.4, -0.2) is 36.7 Å². The van der Waals surface area contributed by atoms with Gasteiger partial charge in [0.2, 0.25) is 5.91 Å². The number of nitrogens with one attached hydrogen (secondary N) is 3. The minimum atomic E-state index is -0.587. The Balaban J connectivity index is 1.71. The van der Waals surface area contributed by atoms with E-state index in [0.717, 1.165) is 5.56 Å². The normalized spacial score (nSPS) is 10.7.